The molecule has 0 spiro atoms. The lowest BCUT2D eigenvalue weighted by atomic mass is 10.0. The standard InChI is InChI=1S/C27H36FN5O6S/c1-27(2,18-39-22(28)17-34)40(37,38)14-6-4-5-12-33-13-11-21-23(31-32(3)24(21)26(33)36)25(35)30-16-20-9-7-19(15-29)8-10-20/h7-10,22,34H,4-6,11-14,16-18H2,1-3H3,(H,30,35). The minimum atomic E-state index is -3.57. The number of hydrogen-bond acceptors (Lipinski definition) is 8. The zero-order valence-corrected chi connectivity index (χ0v) is 23.8. The van der Waals surface area contributed by atoms with Crippen molar-refractivity contribution in [2.45, 2.75) is 57.2 Å². The highest BCUT2D eigenvalue weighted by Gasteiger charge is 2.35. The summed E-state index contributed by atoms with van der Waals surface area (Å²) in [5.74, 6) is -0.700. The van der Waals surface area contributed by atoms with Crippen LogP contribution in [0.15, 0.2) is 24.3 Å². The lowest BCUT2D eigenvalue weighted by Crippen LogP contribution is -2.40. The Morgan fingerprint density at radius 2 is 1.98 bits per heavy atom. The molecule has 13 heteroatoms. The fourth-order valence-electron chi connectivity index (χ4n) is 4.41. The summed E-state index contributed by atoms with van der Waals surface area (Å²) in [6.07, 6.45) is 0.105. The molecule has 0 saturated heterocycles. The average Bonchev–Trinajstić information content (AvgIpc) is 3.28. The van der Waals surface area contributed by atoms with Crippen LogP contribution in [-0.4, -0.2) is 83.2 Å². The Kier molecular flexibility index (Phi) is 10.4. The third kappa shape index (κ3) is 7.44. The number of halogens is 1. The van der Waals surface area contributed by atoms with Gasteiger partial charge in [0.2, 0.25) is 6.36 Å². The van der Waals surface area contributed by atoms with Crippen LogP contribution in [0.3, 0.4) is 0 Å². The third-order valence-corrected chi connectivity index (χ3v) is 9.58. The summed E-state index contributed by atoms with van der Waals surface area (Å²) < 4.78 is 43.4. The van der Waals surface area contributed by atoms with Crippen LogP contribution >= 0.6 is 0 Å². The fraction of sp³-hybridized carbons (Fsp3) is 0.556. The quantitative estimate of drug-likeness (QED) is 0.323. The molecule has 40 heavy (non-hydrogen) atoms. The van der Waals surface area contributed by atoms with Crippen LogP contribution in [0.2, 0.25) is 0 Å². The van der Waals surface area contributed by atoms with Gasteiger partial charge in [0.05, 0.1) is 35.3 Å². The van der Waals surface area contributed by atoms with Gasteiger partial charge in [-0.05, 0) is 50.8 Å². The number of ether oxygens (including phenoxy) is 1. The number of nitrogens with zero attached hydrogens (tertiary/aromatic N) is 4. The minimum Gasteiger partial charge on any atom is -0.391 e. The number of aromatic nitrogens is 2. The number of carbonyl (C=O) groups excluding carboxylic acids is 2. The lowest BCUT2D eigenvalue weighted by Gasteiger charge is -2.27. The van der Waals surface area contributed by atoms with Crippen molar-refractivity contribution in [1.82, 2.24) is 20.0 Å². The summed E-state index contributed by atoms with van der Waals surface area (Å²) in [4.78, 5) is 27.7. The highest BCUT2D eigenvalue weighted by atomic mass is 32.2. The summed E-state index contributed by atoms with van der Waals surface area (Å²) in [5.41, 5.74) is 2.55. The van der Waals surface area contributed by atoms with Gasteiger partial charge in [0, 0.05) is 32.2 Å². The van der Waals surface area contributed by atoms with Crippen LogP contribution in [0.5, 0.6) is 0 Å². The first-order chi connectivity index (χ1) is 18.9. The van der Waals surface area contributed by atoms with Crippen molar-refractivity contribution in [2.75, 3.05) is 32.1 Å². The van der Waals surface area contributed by atoms with Crippen molar-refractivity contribution in [2.24, 2.45) is 7.05 Å². The normalized spacial score (nSPS) is 14.5. The van der Waals surface area contributed by atoms with E-state index < -0.39 is 27.5 Å². The van der Waals surface area contributed by atoms with E-state index in [-0.39, 0.29) is 36.4 Å². The first kappa shape index (κ1) is 31.2. The molecule has 1 aromatic heterocycles. The Balaban J connectivity index is 1.50. The zero-order valence-electron chi connectivity index (χ0n) is 23.0. The molecule has 11 nitrogen and oxygen atoms in total. The molecule has 0 aliphatic carbocycles. The van der Waals surface area contributed by atoms with E-state index in [0.29, 0.717) is 55.6 Å². The first-order valence-corrected chi connectivity index (χ1v) is 14.8. The number of alkyl halides is 1. The molecule has 1 aliphatic rings. The second-order valence-electron chi connectivity index (χ2n) is 10.4. The zero-order chi connectivity index (χ0) is 29.5. The van der Waals surface area contributed by atoms with Crippen LogP contribution in [-0.2, 0) is 34.6 Å². The van der Waals surface area contributed by atoms with E-state index in [0.717, 1.165) is 5.56 Å². The number of aryl methyl sites for hydroxylation is 1. The molecule has 1 atom stereocenters. The third-order valence-electron chi connectivity index (χ3n) is 6.96. The smallest absolute Gasteiger partial charge is 0.272 e. The van der Waals surface area contributed by atoms with E-state index in [2.05, 4.69) is 10.4 Å². The Morgan fingerprint density at radius 1 is 1.27 bits per heavy atom. The largest absolute Gasteiger partial charge is 0.391 e. The number of unbranched alkanes of at least 4 members (excludes halogenated alkanes) is 2. The van der Waals surface area contributed by atoms with Gasteiger partial charge in [-0.25, -0.2) is 12.8 Å². The molecular weight excluding hydrogens is 541 g/mol. The van der Waals surface area contributed by atoms with E-state index >= 15 is 0 Å². The molecule has 0 fully saturated rings. The topological polar surface area (TPSA) is 155 Å². The summed E-state index contributed by atoms with van der Waals surface area (Å²) in [7, 11) is -1.95. The summed E-state index contributed by atoms with van der Waals surface area (Å²) >= 11 is 0. The maximum Gasteiger partial charge on any atom is 0.272 e. The van der Waals surface area contributed by atoms with E-state index in [1.807, 2.05) is 6.07 Å². The van der Waals surface area contributed by atoms with Gasteiger partial charge in [-0.2, -0.15) is 10.4 Å². The van der Waals surface area contributed by atoms with Crippen LogP contribution in [0.1, 0.15) is 70.8 Å². The molecular formula is C27H36FN5O6S. The Morgan fingerprint density at radius 3 is 2.62 bits per heavy atom. The molecule has 0 bridgehead atoms. The number of carbonyl (C=O) groups is 2. The van der Waals surface area contributed by atoms with Gasteiger partial charge in [0.15, 0.2) is 15.5 Å². The van der Waals surface area contributed by atoms with Crippen molar-refractivity contribution >= 4 is 21.7 Å². The fourth-order valence-corrected chi connectivity index (χ4v) is 5.79. The number of sulfone groups is 1. The van der Waals surface area contributed by atoms with Gasteiger partial charge >= 0.3 is 0 Å². The number of nitrogens with one attached hydrogen (secondary N) is 1. The Labute approximate surface area is 233 Å². The van der Waals surface area contributed by atoms with Crippen molar-refractivity contribution in [3.8, 4) is 6.07 Å². The number of nitriles is 1. The summed E-state index contributed by atoms with van der Waals surface area (Å²) in [6.45, 7) is 2.86. The highest BCUT2D eigenvalue weighted by Crippen LogP contribution is 2.24. The van der Waals surface area contributed by atoms with Gasteiger partial charge in [-0.3, -0.25) is 14.3 Å². The van der Waals surface area contributed by atoms with Gasteiger partial charge in [0.25, 0.3) is 11.8 Å². The summed E-state index contributed by atoms with van der Waals surface area (Å²) in [5, 5.41) is 24.8. The Bertz CT molecular complexity index is 1350. The lowest BCUT2D eigenvalue weighted by molar-refractivity contribution is -0.0751. The van der Waals surface area contributed by atoms with Crippen LogP contribution in [0, 0.1) is 11.3 Å². The maximum absolute atomic E-state index is 13.2. The second kappa shape index (κ2) is 13.3. The van der Waals surface area contributed by atoms with Crippen LogP contribution in [0.25, 0.3) is 0 Å². The van der Waals surface area contributed by atoms with E-state index in [1.165, 1.54) is 18.5 Å². The molecule has 2 amide bonds. The molecule has 2 aromatic rings. The van der Waals surface area contributed by atoms with E-state index in [4.69, 9.17) is 15.1 Å². The monoisotopic (exact) mass is 577 g/mol. The highest BCUT2D eigenvalue weighted by molar-refractivity contribution is 7.92. The number of amides is 2. The second-order valence-corrected chi connectivity index (χ2v) is 13.1. The predicted molar refractivity (Wildman–Crippen MR) is 145 cm³/mol. The Hall–Kier alpha value is -3.34. The van der Waals surface area contributed by atoms with Crippen LogP contribution < -0.4 is 5.32 Å². The van der Waals surface area contributed by atoms with Crippen molar-refractivity contribution in [3.63, 3.8) is 0 Å². The van der Waals surface area contributed by atoms with Crippen molar-refractivity contribution in [3.05, 3.63) is 52.3 Å². The number of rotatable bonds is 14. The van der Waals surface area contributed by atoms with Gasteiger partial charge in [0.1, 0.15) is 5.69 Å². The first-order valence-electron chi connectivity index (χ1n) is 13.1. The van der Waals surface area contributed by atoms with Gasteiger partial charge in [-0.15, -0.1) is 0 Å². The molecule has 0 saturated carbocycles. The van der Waals surface area contributed by atoms with Crippen LogP contribution in [0.4, 0.5) is 4.39 Å². The van der Waals surface area contributed by atoms with E-state index in [1.54, 1.807) is 36.2 Å². The summed E-state index contributed by atoms with van der Waals surface area (Å²) in [6, 6.07) is 8.92. The molecule has 1 unspecified atom stereocenters. The van der Waals surface area contributed by atoms with Gasteiger partial charge in [-0.1, -0.05) is 18.6 Å². The molecule has 2 N–H and O–H groups in total. The molecule has 0 radical (unpaired) electrons. The van der Waals surface area contributed by atoms with Crippen molar-refractivity contribution < 1.29 is 32.2 Å². The molecule has 1 aliphatic heterocycles. The number of aliphatic hydroxyl groups excluding tert-OH is 1. The predicted octanol–water partition coefficient (Wildman–Crippen LogP) is 1.89. The van der Waals surface area contributed by atoms with E-state index in [9.17, 15) is 22.4 Å². The SMILES string of the molecule is Cn1nc(C(=O)NCc2ccc(C#N)cc2)c2c1C(=O)N(CCCCCS(=O)(=O)C(C)(C)COC(F)CO)CC2. The van der Waals surface area contributed by atoms with Gasteiger partial charge < -0.3 is 20.1 Å². The maximum atomic E-state index is 13.2. The average molecular weight is 578 g/mol. The molecule has 218 valence electrons. The molecule has 2 heterocycles. The molecule has 3 rings (SSSR count). The number of aliphatic hydroxyl groups is 1. The number of hydrogen-bond donors (Lipinski definition) is 2. The number of benzene rings is 1. The van der Waals surface area contributed by atoms with Crippen molar-refractivity contribution in [1.29, 1.82) is 5.26 Å². The molecule has 1 aromatic carbocycles. The number of fused-ring (bicyclic) bond motifs is 1. The minimum absolute atomic E-state index is 0.0970.